The summed E-state index contributed by atoms with van der Waals surface area (Å²) in [5, 5.41) is 4.43. The lowest BCUT2D eigenvalue weighted by atomic mass is 9.82. The van der Waals surface area contributed by atoms with E-state index in [0.717, 1.165) is 64.2 Å². The van der Waals surface area contributed by atoms with Gasteiger partial charge in [0.15, 0.2) is 0 Å². The molecule has 2 aromatic heterocycles. The number of fused-ring (bicyclic) bond motifs is 4. The lowest BCUT2D eigenvalue weighted by molar-refractivity contribution is -0.123. The molecule has 1 aromatic carbocycles. The number of aliphatic imine (C=N–C) groups is 1. The van der Waals surface area contributed by atoms with E-state index >= 15 is 0 Å². The number of carbonyl (C=O) groups is 1. The number of anilines is 2. The Morgan fingerprint density at radius 2 is 2.19 bits per heavy atom. The maximum atomic E-state index is 12.8. The van der Waals surface area contributed by atoms with Crippen LogP contribution in [0.15, 0.2) is 23.5 Å². The van der Waals surface area contributed by atoms with Gasteiger partial charge in [-0.25, -0.2) is 9.97 Å². The molecule has 0 fully saturated rings. The number of aryl methyl sites for hydroxylation is 1. The van der Waals surface area contributed by atoms with Gasteiger partial charge in [-0.05, 0) is 54.0 Å². The molecule has 2 aliphatic rings. The number of ketones is 1. The van der Waals surface area contributed by atoms with Crippen molar-refractivity contribution in [2.24, 2.45) is 16.8 Å². The minimum absolute atomic E-state index is 0.0627. The van der Waals surface area contributed by atoms with E-state index in [0.29, 0.717) is 24.7 Å². The summed E-state index contributed by atoms with van der Waals surface area (Å²) in [4.78, 5) is 29.6. The van der Waals surface area contributed by atoms with E-state index in [2.05, 4.69) is 39.1 Å². The summed E-state index contributed by atoms with van der Waals surface area (Å²) in [7, 11) is 1.67. The lowest BCUT2D eigenvalue weighted by Gasteiger charge is -2.22. The Kier molecular flexibility index (Phi) is 4.96. The fraction of sp³-hybridized carbons (Fsp3) is 0.417. The van der Waals surface area contributed by atoms with Gasteiger partial charge >= 0.3 is 0 Å². The number of aromatic nitrogens is 3. The topological polar surface area (TPSA) is 92.3 Å². The highest BCUT2D eigenvalue weighted by Crippen LogP contribution is 2.38. The molecule has 5 rings (SSSR count). The fourth-order valence-electron chi connectivity index (χ4n) is 4.71. The number of nitrogens with one attached hydrogen (secondary N) is 2. The van der Waals surface area contributed by atoms with Crippen LogP contribution < -0.4 is 10.1 Å². The number of H-pyrrole nitrogens is 1. The predicted octanol–water partition coefficient (Wildman–Crippen LogP) is 4.36. The van der Waals surface area contributed by atoms with Crippen LogP contribution in [-0.4, -0.2) is 34.1 Å². The van der Waals surface area contributed by atoms with Crippen LogP contribution in [0.4, 0.5) is 11.5 Å². The molecule has 0 bridgehead atoms. The van der Waals surface area contributed by atoms with Gasteiger partial charge in [-0.15, -0.1) is 0 Å². The van der Waals surface area contributed by atoms with Gasteiger partial charge in [-0.2, -0.15) is 0 Å². The van der Waals surface area contributed by atoms with Gasteiger partial charge in [0, 0.05) is 24.2 Å². The van der Waals surface area contributed by atoms with Crippen molar-refractivity contribution in [1.82, 2.24) is 15.0 Å². The molecule has 1 atom stereocenters. The van der Waals surface area contributed by atoms with Crippen molar-refractivity contribution in [2.45, 2.75) is 46.1 Å². The van der Waals surface area contributed by atoms with Gasteiger partial charge in [0.2, 0.25) is 0 Å². The zero-order valence-electron chi connectivity index (χ0n) is 18.2. The summed E-state index contributed by atoms with van der Waals surface area (Å²) < 4.78 is 5.62. The van der Waals surface area contributed by atoms with E-state index < -0.39 is 0 Å². The maximum Gasteiger partial charge on any atom is 0.143 e. The smallest absolute Gasteiger partial charge is 0.143 e. The SMILES string of the molecule is COc1cc2c(cc1Nc1ncnc3[nH]c4c(c13)CC(C(=O)CC(C)C)CC4)C=NC2. The van der Waals surface area contributed by atoms with Crippen LogP contribution in [0, 0.1) is 11.8 Å². The fourth-order valence-corrected chi connectivity index (χ4v) is 4.71. The third-order valence-corrected chi connectivity index (χ3v) is 6.25. The molecule has 1 unspecified atom stereocenters. The molecule has 7 nitrogen and oxygen atoms in total. The number of aromatic amines is 1. The van der Waals surface area contributed by atoms with Gasteiger partial charge in [0.1, 0.15) is 29.3 Å². The monoisotopic (exact) mass is 417 g/mol. The molecule has 3 aromatic rings. The minimum atomic E-state index is 0.0627. The Balaban J connectivity index is 1.53. The van der Waals surface area contributed by atoms with E-state index in [1.807, 2.05) is 18.3 Å². The second kappa shape index (κ2) is 7.80. The Bertz CT molecular complexity index is 1190. The van der Waals surface area contributed by atoms with Gasteiger partial charge in [-0.1, -0.05) is 13.8 Å². The molecule has 160 valence electrons. The van der Waals surface area contributed by atoms with Crippen molar-refractivity contribution in [1.29, 1.82) is 0 Å². The van der Waals surface area contributed by atoms with E-state index in [1.165, 1.54) is 5.69 Å². The van der Waals surface area contributed by atoms with E-state index in [-0.39, 0.29) is 5.92 Å². The van der Waals surface area contributed by atoms with Crippen LogP contribution in [-0.2, 0) is 24.2 Å². The van der Waals surface area contributed by atoms with Crippen molar-refractivity contribution in [3.63, 3.8) is 0 Å². The summed E-state index contributed by atoms with van der Waals surface area (Å²) in [5.41, 5.74) is 6.21. The first-order chi connectivity index (χ1) is 15.0. The van der Waals surface area contributed by atoms with Gasteiger partial charge < -0.3 is 15.0 Å². The zero-order valence-corrected chi connectivity index (χ0v) is 18.2. The van der Waals surface area contributed by atoms with E-state index in [4.69, 9.17) is 4.74 Å². The van der Waals surface area contributed by atoms with Gasteiger partial charge in [0.25, 0.3) is 0 Å². The summed E-state index contributed by atoms with van der Waals surface area (Å²) >= 11 is 0. The number of Topliss-reactive ketones (excluding diaryl/α,β-unsaturated/α-hetero) is 1. The average Bonchev–Trinajstić information content (AvgIpc) is 3.36. The Labute approximate surface area is 181 Å². The molecule has 1 aliphatic carbocycles. The molecule has 0 saturated carbocycles. The van der Waals surface area contributed by atoms with Crippen molar-refractivity contribution >= 4 is 34.5 Å². The first-order valence-corrected chi connectivity index (χ1v) is 10.9. The Morgan fingerprint density at radius 3 is 3.00 bits per heavy atom. The standard InChI is InChI=1S/C24H27N5O2/c1-13(2)6-20(30)14-4-5-18-17(7-14)22-23(28-18)26-12-27-24(22)29-19-8-15-10-25-11-16(15)9-21(19)31-3/h8-10,12-14H,4-7,11H2,1-3H3,(H2,26,27,28,29). The van der Waals surface area contributed by atoms with Crippen molar-refractivity contribution in [3.8, 4) is 5.75 Å². The molecule has 1 aliphatic heterocycles. The van der Waals surface area contributed by atoms with Crippen LogP contribution in [0.25, 0.3) is 11.0 Å². The molecule has 2 N–H and O–H groups in total. The third kappa shape index (κ3) is 3.58. The lowest BCUT2D eigenvalue weighted by Crippen LogP contribution is -2.23. The predicted molar refractivity (Wildman–Crippen MR) is 121 cm³/mol. The number of methoxy groups -OCH3 is 1. The Hall–Kier alpha value is -3.22. The second-order valence-corrected chi connectivity index (χ2v) is 8.88. The van der Waals surface area contributed by atoms with Gasteiger partial charge in [-0.3, -0.25) is 9.79 Å². The van der Waals surface area contributed by atoms with Crippen molar-refractivity contribution in [3.05, 3.63) is 40.8 Å². The largest absolute Gasteiger partial charge is 0.495 e. The molecule has 0 radical (unpaired) electrons. The summed E-state index contributed by atoms with van der Waals surface area (Å²) in [6, 6.07) is 4.07. The number of ether oxygens (including phenoxy) is 1. The van der Waals surface area contributed by atoms with Crippen LogP contribution in [0.5, 0.6) is 5.75 Å². The van der Waals surface area contributed by atoms with Crippen LogP contribution >= 0.6 is 0 Å². The number of hydrogen-bond donors (Lipinski definition) is 2. The summed E-state index contributed by atoms with van der Waals surface area (Å²) in [5.74, 6) is 2.29. The molecular weight excluding hydrogens is 390 g/mol. The highest BCUT2D eigenvalue weighted by molar-refractivity contribution is 5.95. The van der Waals surface area contributed by atoms with E-state index in [1.54, 1.807) is 13.4 Å². The molecule has 31 heavy (non-hydrogen) atoms. The second-order valence-electron chi connectivity index (χ2n) is 8.88. The number of carbonyl (C=O) groups excluding carboxylic acids is 1. The normalized spacial score (nSPS) is 17.1. The van der Waals surface area contributed by atoms with Crippen LogP contribution in [0.1, 0.15) is 49.1 Å². The number of rotatable bonds is 6. The van der Waals surface area contributed by atoms with Gasteiger partial charge in [0.05, 0.1) is 24.7 Å². The zero-order chi connectivity index (χ0) is 21.5. The molecule has 0 amide bonds. The number of nitrogens with zero attached hydrogens (tertiary/aromatic N) is 3. The summed E-state index contributed by atoms with van der Waals surface area (Å²) in [6.45, 7) is 4.88. The number of hydrogen-bond acceptors (Lipinski definition) is 6. The average molecular weight is 418 g/mol. The van der Waals surface area contributed by atoms with Crippen LogP contribution in [0.3, 0.4) is 0 Å². The molecule has 7 heteroatoms. The highest BCUT2D eigenvalue weighted by atomic mass is 16.5. The quantitative estimate of drug-likeness (QED) is 0.622. The minimum Gasteiger partial charge on any atom is -0.495 e. The maximum absolute atomic E-state index is 12.8. The molecule has 0 saturated heterocycles. The molecule has 3 heterocycles. The third-order valence-electron chi connectivity index (χ3n) is 6.25. The molecular formula is C24H27N5O2. The van der Waals surface area contributed by atoms with Crippen molar-refractivity contribution in [2.75, 3.05) is 12.4 Å². The van der Waals surface area contributed by atoms with E-state index in [9.17, 15) is 4.79 Å². The number of benzene rings is 1. The Morgan fingerprint density at radius 1 is 1.32 bits per heavy atom. The highest BCUT2D eigenvalue weighted by Gasteiger charge is 2.29. The van der Waals surface area contributed by atoms with Crippen LogP contribution in [0.2, 0.25) is 0 Å². The summed E-state index contributed by atoms with van der Waals surface area (Å²) in [6.07, 6.45) is 6.57. The molecule has 0 spiro atoms. The van der Waals surface area contributed by atoms with Crippen molar-refractivity contribution < 1.29 is 9.53 Å². The first kappa shape index (κ1) is 19.7. The first-order valence-electron chi connectivity index (χ1n) is 10.9.